The zero-order valence-corrected chi connectivity index (χ0v) is 15.6. The summed E-state index contributed by atoms with van der Waals surface area (Å²) in [6, 6.07) is 5.04. The Balaban J connectivity index is 2.42. The molecule has 0 fully saturated rings. The van der Waals surface area contributed by atoms with Crippen LogP contribution in [0.3, 0.4) is 0 Å². The maximum atomic E-state index is 3.67. The van der Waals surface area contributed by atoms with Crippen molar-refractivity contribution < 1.29 is 0 Å². The molecule has 3 heteroatoms. The first-order valence-electron chi connectivity index (χ1n) is 7.08. The van der Waals surface area contributed by atoms with E-state index in [0.29, 0.717) is 6.04 Å². The predicted molar refractivity (Wildman–Crippen MR) is 91.8 cm³/mol. The Bertz CT molecular complexity index is 402. The molecule has 0 spiro atoms. The first-order valence-corrected chi connectivity index (χ1v) is 8.66. The van der Waals surface area contributed by atoms with E-state index in [1.54, 1.807) is 0 Å². The number of benzene rings is 1. The summed E-state index contributed by atoms with van der Waals surface area (Å²) in [6.07, 6.45) is 3.64. The molecule has 1 rings (SSSR count). The molecule has 108 valence electrons. The van der Waals surface area contributed by atoms with Crippen LogP contribution in [0.25, 0.3) is 0 Å². The predicted octanol–water partition coefficient (Wildman–Crippen LogP) is 5.48. The SMILES string of the molecule is Cc1cc(Br)c(CCC(C)CCNC(C)C)cc1Br. The minimum absolute atomic E-state index is 0.592. The standard InChI is InChI=1S/C16H25Br2N/c1-11(2)19-8-7-12(3)5-6-14-10-15(17)13(4)9-16(14)18/h9-12,19H,5-8H2,1-4H3. The maximum absolute atomic E-state index is 3.67. The summed E-state index contributed by atoms with van der Waals surface area (Å²) < 4.78 is 2.44. The highest BCUT2D eigenvalue weighted by Crippen LogP contribution is 2.27. The maximum Gasteiger partial charge on any atom is 0.0210 e. The Morgan fingerprint density at radius 2 is 1.74 bits per heavy atom. The van der Waals surface area contributed by atoms with Gasteiger partial charge in [-0.1, -0.05) is 52.6 Å². The Morgan fingerprint density at radius 1 is 1.05 bits per heavy atom. The number of hydrogen-bond acceptors (Lipinski definition) is 1. The number of nitrogens with one attached hydrogen (secondary N) is 1. The van der Waals surface area contributed by atoms with Gasteiger partial charge in [-0.2, -0.15) is 0 Å². The second-order valence-corrected chi connectivity index (χ2v) is 7.44. The van der Waals surface area contributed by atoms with Crippen LogP contribution in [0.5, 0.6) is 0 Å². The zero-order chi connectivity index (χ0) is 14.4. The van der Waals surface area contributed by atoms with E-state index in [4.69, 9.17) is 0 Å². The molecule has 0 aliphatic rings. The van der Waals surface area contributed by atoms with Gasteiger partial charge >= 0.3 is 0 Å². The fraction of sp³-hybridized carbons (Fsp3) is 0.625. The lowest BCUT2D eigenvalue weighted by atomic mass is 9.98. The Hall–Kier alpha value is 0.140. The molecule has 0 saturated carbocycles. The second-order valence-electron chi connectivity index (χ2n) is 5.73. The van der Waals surface area contributed by atoms with Crippen LogP contribution < -0.4 is 5.32 Å². The van der Waals surface area contributed by atoms with E-state index in [0.717, 1.165) is 18.9 Å². The van der Waals surface area contributed by atoms with Gasteiger partial charge in [0, 0.05) is 15.0 Å². The van der Waals surface area contributed by atoms with E-state index in [1.807, 2.05) is 0 Å². The molecule has 0 amide bonds. The number of halogens is 2. The van der Waals surface area contributed by atoms with Gasteiger partial charge in [0.05, 0.1) is 0 Å². The molecule has 0 aromatic heterocycles. The van der Waals surface area contributed by atoms with Crippen molar-refractivity contribution in [1.29, 1.82) is 0 Å². The van der Waals surface area contributed by atoms with Crippen molar-refractivity contribution >= 4 is 31.9 Å². The number of aryl methyl sites for hydroxylation is 2. The van der Waals surface area contributed by atoms with Crippen molar-refractivity contribution in [2.75, 3.05) is 6.54 Å². The lowest BCUT2D eigenvalue weighted by Crippen LogP contribution is -2.25. The van der Waals surface area contributed by atoms with Crippen molar-refractivity contribution in [1.82, 2.24) is 5.32 Å². The summed E-state index contributed by atoms with van der Waals surface area (Å²) in [5.74, 6) is 0.762. The summed E-state index contributed by atoms with van der Waals surface area (Å²) in [5.41, 5.74) is 2.69. The summed E-state index contributed by atoms with van der Waals surface area (Å²) in [7, 11) is 0. The highest BCUT2D eigenvalue weighted by Gasteiger charge is 2.07. The fourth-order valence-electron chi connectivity index (χ4n) is 2.04. The summed E-state index contributed by atoms with van der Waals surface area (Å²) in [5, 5.41) is 3.49. The second kappa shape index (κ2) is 8.43. The van der Waals surface area contributed by atoms with Gasteiger partial charge < -0.3 is 5.32 Å². The minimum Gasteiger partial charge on any atom is -0.315 e. The molecular formula is C16H25Br2N. The van der Waals surface area contributed by atoms with Crippen LogP contribution in [0.2, 0.25) is 0 Å². The summed E-state index contributed by atoms with van der Waals surface area (Å²) in [4.78, 5) is 0. The zero-order valence-electron chi connectivity index (χ0n) is 12.4. The average Bonchev–Trinajstić information content (AvgIpc) is 2.31. The number of hydrogen-bond donors (Lipinski definition) is 1. The lowest BCUT2D eigenvalue weighted by Gasteiger charge is -2.14. The molecule has 1 atom stereocenters. The Morgan fingerprint density at radius 3 is 2.37 bits per heavy atom. The molecule has 0 saturated heterocycles. The molecule has 1 aromatic rings. The molecule has 19 heavy (non-hydrogen) atoms. The fourth-order valence-corrected chi connectivity index (χ4v) is 3.09. The smallest absolute Gasteiger partial charge is 0.0210 e. The molecular weight excluding hydrogens is 366 g/mol. The molecule has 1 N–H and O–H groups in total. The molecule has 0 bridgehead atoms. The van der Waals surface area contributed by atoms with Crippen LogP contribution in [0.15, 0.2) is 21.1 Å². The molecule has 1 aromatic carbocycles. The van der Waals surface area contributed by atoms with Gasteiger partial charge in [0.15, 0.2) is 0 Å². The van der Waals surface area contributed by atoms with Gasteiger partial charge in [-0.05, 0) is 61.9 Å². The van der Waals surface area contributed by atoms with Gasteiger partial charge in [0.2, 0.25) is 0 Å². The van der Waals surface area contributed by atoms with E-state index in [2.05, 4.69) is 77.0 Å². The summed E-state index contributed by atoms with van der Waals surface area (Å²) >= 11 is 7.28. The lowest BCUT2D eigenvalue weighted by molar-refractivity contribution is 0.453. The molecule has 0 aliphatic carbocycles. The third-order valence-corrected chi connectivity index (χ3v) is 5.02. The third-order valence-electron chi connectivity index (χ3n) is 3.42. The van der Waals surface area contributed by atoms with E-state index in [9.17, 15) is 0 Å². The molecule has 0 heterocycles. The average molecular weight is 391 g/mol. The van der Waals surface area contributed by atoms with Gasteiger partial charge in [-0.25, -0.2) is 0 Å². The van der Waals surface area contributed by atoms with Crippen molar-refractivity contribution in [3.63, 3.8) is 0 Å². The van der Waals surface area contributed by atoms with E-state index < -0.39 is 0 Å². The van der Waals surface area contributed by atoms with Crippen LogP contribution in [0.4, 0.5) is 0 Å². The van der Waals surface area contributed by atoms with Crippen LogP contribution in [0, 0.1) is 12.8 Å². The molecule has 0 radical (unpaired) electrons. The first kappa shape index (κ1) is 17.2. The molecule has 1 unspecified atom stereocenters. The quantitative estimate of drug-likeness (QED) is 0.650. The van der Waals surface area contributed by atoms with Crippen molar-refractivity contribution in [3.05, 3.63) is 32.2 Å². The van der Waals surface area contributed by atoms with Crippen molar-refractivity contribution in [2.45, 2.75) is 53.0 Å². The first-order chi connectivity index (χ1) is 8.90. The third kappa shape index (κ3) is 6.42. The largest absolute Gasteiger partial charge is 0.315 e. The van der Waals surface area contributed by atoms with Crippen LogP contribution in [-0.4, -0.2) is 12.6 Å². The van der Waals surface area contributed by atoms with Gasteiger partial charge in [-0.15, -0.1) is 0 Å². The molecule has 0 aliphatic heterocycles. The van der Waals surface area contributed by atoms with Gasteiger partial charge in [0.25, 0.3) is 0 Å². The summed E-state index contributed by atoms with van der Waals surface area (Å²) in [6.45, 7) is 9.99. The number of rotatable bonds is 7. The normalized spacial score (nSPS) is 13.0. The van der Waals surface area contributed by atoms with Crippen LogP contribution in [-0.2, 0) is 6.42 Å². The van der Waals surface area contributed by atoms with Crippen LogP contribution >= 0.6 is 31.9 Å². The van der Waals surface area contributed by atoms with Crippen molar-refractivity contribution in [3.8, 4) is 0 Å². The minimum atomic E-state index is 0.592. The highest BCUT2D eigenvalue weighted by molar-refractivity contribution is 9.11. The highest BCUT2D eigenvalue weighted by atomic mass is 79.9. The topological polar surface area (TPSA) is 12.0 Å². The van der Waals surface area contributed by atoms with E-state index in [-0.39, 0.29) is 0 Å². The monoisotopic (exact) mass is 389 g/mol. The van der Waals surface area contributed by atoms with Crippen molar-refractivity contribution in [2.24, 2.45) is 5.92 Å². The van der Waals surface area contributed by atoms with E-state index >= 15 is 0 Å². The Labute approximate surface area is 134 Å². The van der Waals surface area contributed by atoms with Crippen LogP contribution in [0.1, 0.15) is 44.7 Å². The Kier molecular flexibility index (Phi) is 7.63. The van der Waals surface area contributed by atoms with Gasteiger partial charge in [0.1, 0.15) is 0 Å². The molecule has 1 nitrogen and oxygen atoms in total. The van der Waals surface area contributed by atoms with E-state index in [1.165, 1.54) is 32.9 Å². The van der Waals surface area contributed by atoms with Gasteiger partial charge in [-0.3, -0.25) is 0 Å².